The average molecular weight is 305 g/mol. The summed E-state index contributed by atoms with van der Waals surface area (Å²) in [5, 5.41) is 5.18. The Morgan fingerprint density at radius 1 is 1.00 bits per heavy atom. The van der Waals surface area contributed by atoms with Crippen molar-refractivity contribution >= 4 is 10.0 Å². The molecule has 0 saturated heterocycles. The van der Waals surface area contributed by atoms with E-state index in [9.17, 15) is 8.42 Å². The molecule has 2 rings (SSSR count). The Labute approximate surface area is 125 Å². The zero-order chi connectivity index (χ0) is 15.5. The van der Waals surface area contributed by atoms with Gasteiger partial charge in [0.25, 0.3) is 0 Å². The third kappa shape index (κ3) is 3.83. The second-order valence-corrected chi connectivity index (χ2v) is 6.47. The van der Waals surface area contributed by atoms with E-state index in [0.717, 1.165) is 12.0 Å². The van der Waals surface area contributed by atoms with Crippen molar-refractivity contribution in [3.8, 4) is 5.75 Å². The fourth-order valence-corrected chi connectivity index (χ4v) is 3.00. The van der Waals surface area contributed by atoms with Crippen molar-refractivity contribution in [2.24, 2.45) is 5.14 Å². The van der Waals surface area contributed by atoms with E-state index in [0.29, 0.717) is 17.9 Å². The van der Waals surface area contributed by atoms with Gasteiger partial charge in [0.05, 0.1) is 11.5 Å². The molecule has 0 aliphatic rings. The van der Waals surface area contributed by atoms with E-state index in [4.69, 9.17) is 9.88 Å². The first-order valence-corrected chi connectivity index (χ1v) is 8.24. The molecule has 0 radical (unpaired) electrons. The van der Waals surface area contributed by atoms with E-state index in [1.807, 2.05) is 37.3 Å². The quantitative estimate of drug-likeness (QED) is 0.923. The van der Waals surface area contributed by atoms with Gasteiger partial charge in [-0.15, -0.1) is 0 Å². The summed E-state index contributed by atoms with van der Waals surface area (Å²) in [5.74, 6) is 0.691. The fraction of sp³-hybridized carbons (Fsp3) is 0.250. The molecule has 0 unspecified atom stereocenters. The van der Waals surface area contributed by atoms with Crippen LogP contribution in [0.4, 0.5) is 0 Å². The maximum Gasteiger partial charge on any atom is 0.238 e. The molecule has 0 aromatic heterocycles. The van der Waals surface area contributed by atoms with Crippen LogP contribution >= 0.6 is 0 Å². The van der Waals surface area contributed by atoms with Gasteiger partial charge < -0.3 is 4.74 Å². The lowest BCUT2D eigenvalue weighted by Gasteiger charge is -2.13. The monoisotopic (exact) mass is 305 g/mol. The van der Waals surface area contributed by atoms with Gasteiger partial charge >= 0.3 is 0 Å². The molecule has 2 aromatic carbocycles. The largest absolute Gasteiger partial charge is 0.493 e. The molecule has 0 fully saturated rings. The first-order chi connectivity index (χ1) is 9.89. The lowest BCUT2D eigenvalue weighted by atomic mass is 10.1. The molecule has 2 N–H and O–H groups in total. The van der Waals surface area contributed by atoms with Crippen LogP contribution < -0.4 is 9.88 Å². The highest BCUT2D eigenvalue weighted by Crippen LogP contribution is 2.26. The van der Waals surface area contributed by atoms with Crippen molar-refractivity contribution < 1.29 is 13.2 Å². The van der Waals surface area contributed by atoms with Gasteiger partial charge in [-0.05, 0) is 42.7 Å². The topological polar surface area (TPSA) is 69.4 Å². The third-order valence-electron chi connectivity index (χ3n) is 3.49. The Morgan fingerprint density at radius 3 is 2.29 bits per heavy atom. The molecule has 4 nitrogen and oxygen atoms in total. The van der Waals surface area contributed by atoms with Gasteiger partial charge in [0.2, 0.25) is 10.0 Å². The van der Waals surface area contributed by atoms with Crippen molar-refractivity contribution in [1.29, 1.82) is 0 Å². The van der Waals surface area contributed by atoms with E-state index in [2.05, 4.69) is 0 Å². The minimum atomic E-state index is -3.69. The highest BCUT2D eigenvalue weighted by atomic mass is 32.2. The third-order valence-corrected chi connectivity index (χ3v) is 4.54. The van der Waals surface area contributed by atoms with Gasteiger partial charge in [0.15, 0.2) is 0 Å². The number of hydrogen-bond acceptors (Lipinski definition) is 3. The molecule has 0 aliphatic carbocycles. The molecule has 0 atom stereocenters. The Hall–Kier alpha value is -1.85. The highest BCUT2D eigenvalue weighted by molar-refractivity contribution is 7.89. The van der Waals surface area contributed by atoms with Crippen LogP contribution in [-0.4, -0.2) is 15.0 Å². The summed E-state index contributed by atoms with van der Waals surface area (Å²) in [5.41, 5.74) is 2.64. The first-order valence-electron chi connectivity index (χ1n) is 6.69. The second-order valence-electron chi connectivity index (χ2n) is 4.94. The first kappa shape index (κ1) is 15.5. The van der Waals surface area contributed by atoms with Crippen molar-refractivity contribution in [2.75, 3.05) is 6.61 Å². The van der Waals surface area contributed by atoms with Gasteiger partial charge in [-0.2, -0.15) is 0 Å². The van der Waals surface area contributed by atoms with Crippen LogP contribution in [0.1, 0.15) is 16.7 Å². The van der Waals surface area contributed by atoms with E-state index in [1.54, 1.807) is 13.0 Å². The van der Waals surface area contributed by atoms with E-state index in [-0.39, 0.29) is 4.90 Å². The SMILES string of the molecule is Cc1c(OCCc2ccccc2)ccc(S(N)(=O)=O)c1C. The number of ether oxygens (including phenoxy) is 1. The van der Waals surface area contributed by atoms with Gasteiger partial charge in [0, 0.05) is 6.42 Å². The summed E-state index contributed by atoms with van der Waals surface area (Å²) < 4.78 is 28.7. The molecule has 5 heteroatoms. The summed E-state index contributed by atoms with van der Waals surface area (Å²) in [7, 11) is -3.69. The lowest BCUT2D eigenvalue weighted by molar-refractivity contribution is 0.319. The number of nitrogens with two attached hydrogens (primary N) is 1. The molecule has 0 heterocycles. The minimum Gasteiger partial charge on any atom is -0.493 e. The van der Waals surface area contributed by atoms with E-state index in [1.165, 1.54) is 11.6 Å². The molecule has 21 heavy (non-hydrogen) atoms. The zero-order valence-corrected chi connectivity index (χ0v) is 13.0. The number of benzene rings is 2. The van der Waals surface area contributed by atoms with Crippen LogP contribution in [0.25, 0.3) is 0 Å². The van der Waals surface area contributed by atoms with E-state index >= 15 is 0 Å². The molecule has 0 spiro atoms. The van der Waals surface area contributed by atoms with Crippen LogP contribution in [0.5, 0.6) is 5.75 Å². The second kappa shape index (κ2) is 6.28. The predicted octanol–water partition coefficient (Wildman–Crippen LogP) is 2.57. The predicted molar refractivity (Wildman–Crippen MR) is 82.9 cm³/mol. The van der Waals surface area contributed by atoms with Gasteiger partial charge in [-0.25, -0.2) is 13.6 Å². The maximum atomic E-state index is 11.5. The molecular formula is C16H19NO3S. The average Bonchev–Trinajstić information content (AvgIpc) is 2.43. The molecular weight excluding hydrogens is 286 g/mol. The van der Waals surface area contributed by atoms with Gasteiger partial charge in [0.1, 0.15) is 5.75 Å². The summed E-state index contributed by atoms with van der Waals surface area (Å²) in [6.07, 6.45) is 0.802. The zero-order valence-electron chi connectivity index (χ0n) is 12.2. The summed E-state index contributed by atoms with van der Waals surface area (Å²) >= 11 is 0. The summed E-state index contributed by atoms with van der Waals surface area (Å²) in [4.78, 5) is 0.149. The van der Waals surface area contributed by atoms with Gasteiger partial charge in [-0.1, -0.05) is 30.3 Å². The molecule has 0 amide bonds. The van der Waals surface area contributed by atoms with Crippen LogP contribution in [0, 0.1) is 13.8 Å². The minimum absolute atomic E-state index is 0.149. The lowest BCUT2D eigenvalue weighted by Crippen LogP contribution is -2.14. The Bertz CT molecular complexity index is 725. The number of primary sulfonamides is 1. The maximum absolute atomic E-state index is 11.5. The Morgan fingerprint density at radius 2 is 1.67 bits per heavy atom. The molecule has 2 aromatic rings. The smallest absolute Gasteiger partial charge is 0.238 e. The summed E-state index contributed by atoms with van der Waals surface area (Å²) in [6, 6.07) is 13.2. The van der Waals surface area contributed by atoms with Gasteiger partial charge in [-0.3, -0.25) is 0 Å². The van der Waals surface area contributed by atoms with Crippen LogP contribution in [0.3, 0.4) is 0 Å². The highest BCUT2D eigenvalue weighted by Gasteiger charge is 2.15. The van der Waals surface area contributed by atoms with Crippen LogP contribution in [0.2, 0.25) is 0 Å². The Balaban J connectivity index is 2.10. The fourth-order valence-electron chi connectivity index (χ4n) is 2.16. The standard InChI is InChI=1S/C16H19NO3S/c1-12-13(2)16(21(17,18)19)9-8-15(12)20-11-10-14-6-4-3-5-7-14/h3-9H,10-11H2,1-2H3,(H2,17,18,19). The molecule has 112 valence electrons. The molecule has 0 bridgehead atoms. The van der Waals surface area contributed by atoms with Crippen LogP contribution in [-0.2, 0) is 16.4 Å². The van der Waals surface area contributed by atoms with Crippen molar-refractivity contribution in [2.45, 2.75) is 25.2 Å². The Kier molecular flexibility index (Phi) is 4.65. The number of sulfonamides is 1. The van der Waals surface area contributed by atoms with Crippen molar-refractivity contribution in [3.05, 3.63) is 59.2 Å². The van der Waals surface area contributed by atoms with E-state index < -0.39 is 10.0 Å². The molecule has 0 saturated carbocycles. The molecule has 0 aliphatic heterocycles. The van der Waals surface area contributed by atoms with Crippen molar-refractivity contribution in [3.63, 3.8) is 0 Å². The van der Waals surface area contributed by atoms with Crippen molar-refractivity contribution in [1.82, 2.24) is 0 Å². The normalized spacial score (nSPS) is 11.4. The number of rotatable bonds is 5. The van der Waals surface area contributed by atoms with Crippen LogP contribution in [0.15, 0.2) is 47.4 Å². The number of hydrogen-bond donors (Lipinski definition) is 1. The summed E-state index contributed by atoms with van der Waals surface area (Å²) in [6.45, 7) is 4.11.